The molecule has 0 radical (unpaired) electrons. The Hall–Kier alpha value is -1.57. The van der Waals surface area contributed by atoms with E-state index >= 15 is 0 Å². The molecule has 96 valence electrons. The van der Waals surface area contributed by atoms with E-state index in [9.17, 15) is 0 Å². The van der Waals surface area contributed by atoms with Crippen molar-refractivity contribution < 1.29 is 4.74 Å². The Morgan fingerprint density at radius 3 is 2.94 bits per heavy atom. The highest BCUT2D eigenvalue weighted by Crippen LogP contribution is 2.09. The first kappa shape index (κ1) is 12.9. The average molecular weight is 245 g/mol. The van der Waals surface area contributed by atoms with Gasteiger partial charge >= 0.3 is 0 Å². The molecule has 1 fully saturated rings. The van der Waals surface area contributed by atoms with Crippen LogP contribution in [0.5, 0.6) is 0 Å². The molecule has 1 N–H and O–H groups in total. The highest BCUT2D eigenvalue weighted by atomic mass is 16.5. The molecular weight excluding hydrogens is 226 g/mol. The second kappa shape index (κ2) is 7.00. The van der Waals surface area contributed by atoms with Crippen LogP contribution >= 0.6 is 0 Å². The van der Waals surface area contributed by atoms with E-state index in [-0.39, 0.29) is 0 Å². The van der Waals surface area contributed by atoms with Crippen LogP contribution in [-0.4, -0.2) is 44.3 Å². The fourth-order valence-corrected chi connectivity index (χ4v) is 2.06. The highest BCUT2D eigenvalue weighted by Gasteiger charge is 2.08. The van der Waals surface area contributed by atoms with Crippen molar-refractivity contribution in [2.45, 2.75) is 6.42 Å². The normalized spacial score (nSPS) is 16.2. The van der Waals surface area contributed by atoms with Crippen LogP contribution in [-0.2, 0) is 4.74 Å². The first-order chi connectivity index (χ1) is 8.88. The zero-order valence-electron chi connectivity index (χ0n) is 10.6. The average Bonchev–Trinajstić information content (AvgIpc) is 2.45. The van der Waals surface area contributed by atoms with E-state index in [1.165, 1.54) is 0 Å². The zero-order chi connectivity index (χ0) is 12.6. The number of hydrogen-bond donors (Lipinski definition) is 1. The van der Waals surface area contributed by atoms with E-state index in [0.29, 0.717) is 5.56 Å². The van der Waals surface area contributed by atoms with Gasteiger partial charge in [0.15, 0.2) is 0 Å². The van der Waals surface area contributed by atoms with Gasteiger partial charge in [-0.1, -0.05) is 6.07 Å². The lowest BCUT2D eigenvalue weighted by molar-refractivity contribution is 0.0378. The van der Waals surface area contributed by atoms with Crippen molar-refractivity contribution in [1.82, 2.24) is 4.90 Å². The fourth-order valence-electron chi connectivity index (χ4n) is 2.06. The summed E-state index contributed by atoms with van der Waals surface area (Å²) in [5.74, 6) is 0. The maximum atomic E-state index is 8.81. The second-order valence-electron chi connectivity index (χ2n) is 4.43. The molecule has 1 aliphatic heterocycles. The molecule has 0 atom stereocenters. The molecule has 2 rings (SSSR count). The van der Waals surface area contributed by atoms with Gasteiger partial charge in [0, 0.05) is 25.3 Å². The molecule has 1 heterocycles. The molecule has 0 saturated carbocycles. The molecule has 1 saturated heterocycles. The van der Waals surface area contributed by atoms with Crippen LogP contribution in [0.15, 0.2) is 24.3 Å². The minimum absolute atomic E-state index is 0.702. The topological polar surface area (TPSA) is 48.3 Å². The van der Waals surface area contributed by atoms with Gasteiger partial charge in [0.05, 0.1) is 24.8 Å². The van der Waals surface area contributed by atoms with Gasteiger partial charge in [0.25, 0.3) is 0 Å². The molecular formula is C14H19N3O. The fraction of sp³-hybridized carbons (Fsp3) is 0.500. The molecule has 18 heavy (non-hydrogen) atoms. The van der Waals surface area contributed by atoms with Gasteiger partial charge in [-0.3, -0.25) is 4.90 Å². The summed E-state index contributed by atoms with van der Waals surface area (Å²) in [4.78, 5) is 2.43. The number of nitrogens with one attached hydrogen (secondary N) is 1. The number of rotatable bonds is 5. The number of morpholine rings is 1. The number of ether oxygens (including phenoxy) is 1. The van der Waals surface area contributed by atoms with Crippen molar-refractivity contribution in [3.05, 3.63) is 29.8 Å². The Kier molecular flexibility index (Phi) is 5.00. The maximum Gasteiger partial charge on any atom is 0.0992 e. The first-order valence-corrected chi connectivity index (χ1v) is 6.42. The Balaban J connectivity index is 1.67. The Labute approximate surface area is 108 Å². The minimum atomic E-state index is 0.702. The van der Waals surface area contributed by atoms with E-state index in [1.54, 1.807) is 0 Å². The number of nitrogens with zero attached hydrogens (tertiary/aromatic N) is 2. The van der Waals surface area contributed by atoms with Crippen molar-refractivity contribution in [3.8, 4) is 6.07 Å². The lowest BCUT2D eigenvalue weighted by Gasteiger charge is -2.26. The largest absolute Gasteiger partial charge is 0.385 e. The molecule has 0 bridgehead atoms. The van der Waals surface area contributed by atoms with Crippen LogP contribution < -0.4 is 5.32 Å². The van der Waals surface area contributed by atoms with Crippen molar-refractivity contribution in [2.75, 3.05) is 44.7 Å². The second-order valence-corrected chi connectivity index (χ2v) is 4.43. The third kappa shape index (κ3) is 4.02. The molecule has 0 amide bonds. The lowest BCUT2D eigenvalue weighted by atomic mass is 10.2. The molecule has 1 aromatic carbocycles. The number of anilines is 1. The quantitative estimate of drug-likeness (QED) is 0.802. The van der Waals surface area contributed by atoms with Crippen LogP contribution in [0.3, 0.4) is 0 Å². The molecule has 0 unspecified atom stereocenters. The number of nitriles is 1. The highest BCUT2D eigenvalue weighted by molar-refractivity contribution is 5.48. The molecule has 0 aliphatic carbocycles. The summed E-state index contributed by atoms with van der Waals surface area (Å²) in [6.45, 7) is 5.85. The summed E-state index contributed by atoms with van der Waals surface area (Å²) in [6.07, 6.45) is 1.11. The van der Waals surface area contributed by atoms with E-state index in [1.807, 2.05) is 24.3 Å². The summed E-state index contributed by atoms with van der Waals surface area (Å²) in [5.41, 5.74) is 1.73. The van der Waals surface area contributed by atoms with E-state index in [2.05, 4.69) is 16.3 Å². The van der Waals surface area contributed by atoms with Gasteiger partial charge in [0.2, 0.25) is 0 Å². The van der Waals surface area contributed by atoms with E-state index in [0.717, 1.165) is 51.5 Å². The van der Waals surface area contributed by atoms with Crippen LogP contribution in [0.25, 0.3) is 0 Å². The van der Waals surface area contributed by atoms with E-state index in [4.69, 9.17) is 10.00 Å². The van der Waals surface area contributed by atoms with Gasteiger partial charge in [-0.2, -0.15) is 5.26 Å². The van der Waals surface area contributed by atoms with Gasteiger partial charge in [-0.05, 0) is 31.2 Å². The van der Waals surface area contributed by atoms with Crippen molar-refractivity contribution in [1.29, 1.82) is 5.26 Å². The minimum Gasteiger partial charge on any atom is -0.385 e. The van der Waals surface area contributed by atoms with Crippen LogP contribution in [0, 0.1) is 11.3 Å². The Bertz CT molecular complexity index is 408. The van der Waals surface area contributed by atoms with Gasteiger partial charge in [-0.15, -0.1) is 0 Å². The van der Waals surface area contributed by atoms with Crippen LogP contribution in [0.1, 0.15) is 12.0 Å². The monoisotopic (exact) mass is 245 g/mol. The molecule has 0 aromatic heterocycles. The predicted octanol–water partition coefficient (Wildman–Crippen LogP) is 1.69. The third-order valence-corrected chi connectivity index (χ3v) is 3.08. The van der Waals surface area contributed by atoms with Gasteiger partial charge in [0.1, 0.15) is 0 Å². The molecule has 1 aliphatic rings. The summed E-state index contributed by atoms with van der Waals surface area (Å²) in [5, 5.41) is 12.2. The molecule has 1 aromatic rings. The van der Waals surface area contributed by atoms with Gasteiger partial charge < -0.3 is 10.1 Å². The van der Waals surface area contributed by atoms with E-state index < -0.39 is 0 Å². The maximum absolute atomic E-state index is 8.81. The van der Waals surface area contributed by atoms with Crippen LogP contribution in [0.2, 0.25) is 0 Å². The Morgan fingerprint density at radius 2 is 2.17 bits per heavy atom. The standard InChI is InChI=1S/C14H19N3O/c15-12-13-3-1-4-14(11-13)16-5-2-6-17-7-9-18-10-8-17/h1,3-4,11,16H,2,5-10H2. The predicted molar refractivity (Wildman–Crippen MR) is 71.5 cm³/mol. The third-order valence-electron chi connectivity index (χ3n) is 3.08. The first-order valence-electron chi connectivity index (χ1n) is 6.42. The summed E-state index contributed by atoms with van der Waals surface area (Å²) in [7, 11) is 0. The molecule has 4 nitrogen and oxygen atoms in total. The van der Waals surface area contributed by atoms with Crippen molar-refractivity contribution in [3.63, 3.8) is 0 Å². The Morgan fingerprint density at radius 1 is 1.33 bits per heavy atom. The van der Waals surface area contributed by atoms with Crippen LogP contribution in [0.4, 0.5) is 5.69 Å². The summed E-state index contributed by atoms with van der Waals surface area (Å²) >= 11 is 0. The summed E-state index contributed by atoms with van der Waals surface area (Å²) < 4.78 is 5.31. The zero-order valence-corrected chi connectivity index (χ0v) is 10.6. The van der Waals surface area contributed by atoms with Gasteiger partial charge in [-0.25, -0.2) is 0 Å². The molecule has 4 heteroatoms. The SMILES string of the molecule is N#Cc1cccc(NCCCN2CCOCC2)c1. The summed E-state index contributed by atoms with van der Waals surface area (Å²) in [6, 6.07) is 9.75. The lowest BCUT2D eigenvalue weighted by Crippen LogP contribution is -2.37. The molecule has 0 spiro atoms. The number of benzene rings is 1. The van der Waals surface area contributed by atoms with Crippen molar-refractivity contribution >= 4 is 5.69 Å². The smallest absolute Gasteiger partial charge is 0.0992 e. The van der Waals surface area contributed by atoms with Crippen molar-refractivity contribution in [2.24, 2.45) is 0 Å². The number of hydrogen-bond acceptors (Lipinski definition) is 4.